The first kappa shape index (κ1) is 16.0. The first-order valence-electron chi connectivity index (χ1n) is 8.18. The van der Waals surface area contributed by atoms with Crippen LogP contribution in [0.2, 0.25) is 0 Å². The Morgan fingerprint density at radius 3 is 2.17 bits per heavy atom. The maximum Gasteiger partial charge on any atom is 0.232 e. The Labute approximate surface area is 142 Å². The van der Waals surface area contributed by atoms with Crippen LogP contribution in [0, 0.1) is 0 Å². The van der Waals surface area contributed by atoms with Gasteiger partial charge in [0.05, 0.1) is 12.2 Å². The Morgan fingerprint density at radius 2 is 1.62 bits per heavy atom. The third kappa shape index (κ3) is 4.10. The molecule has 1 heterocycles. The van der Waals surface area contributed by atoms with Gasteiger partial charge in [0, 0.05) is 25.5 Å². The van der Waals surface area contributed by atoms with E-state index in [0.29, 0.717) is 6.54 Å². The van der Waals surface area contributed by atoms with E-state index in [0.717, 1.165) is 24.1 Å². The average Bonchev–Trinajstić information content (AvgIpc) is 3.14. The smallest absolute Gasteiger partial charge is 0.232 e. The van der Waals surface area contributed by atoms with Gasteiger partial charge >= 0.3 is 0 Å². The summed E-state index contributed by atoms with van der Waals surface area (Å²) in [5, 5.41) is 3.07. The maximum atomic E-state index is 12.8. The Hall–Kier alpha value is -2.88. The number of nitrogens with one attached hydrogen (secondary N) is 1. The number of hydrogen-bond acceptors (Lipinski definition) is 2. The summed E-state index contributed by atoms with van der Waals surface area (Å²) in [7, 11) is 0. The van der Waals surface area contributed by atoms with Gasteiger partial charge in [0.1, 0.15) is 0 Å². The number of carbonyl (C=O) groups is 1. The summed E-state index contributed by atoms with van der Waals surface area (Å²) in [5.41, 5.74) is 2.02. The number of hydrogen-bond donors (Lipinski definition) is 1. The standard InChI is InChI=1S/C20H21N3O/c24-20(22-12-7-14-23-15-13-21-16-23)19(17-8-3-1-4-9-17)18-10-5-2-6-11-18/h1-6,8-11,13,15-16,19H,7,12,14H2,(H,22,24). The first-order valence-corrected chi connectivity index (χ1v) is 8.18. The summed E-state index contributed by atoms with van der Waals surface area (Å²) < 4.78 is 2.01. The molecule has 0 aliphatic rings. The molecule has 4 nitrogen and oxygen atoms in total. The average molecular weight is 319 g/mol. The Bertz CT molecular complexity index is 700. The molecule has 4 heteroatoms. The van der Waals surface area contributed by atoms with Gasteiger partial charge in [-0.1, -0.05) is 60.7 Å². The van der Waals surface area contributed by atoms with Crippen LogP contribution in [-0.4, -0.2) is 22.0 Å². The number of carbonyl (C=O) groups excluding carboxylic acids is 1. The van der Waals surface area contributed by atoms with E-state index in [1.807, 2.05) is 71.4 Å². The van der Waals surface area contributed by atoms with Crippen LogP contribution in [0.1, 0.15) is 23.5 Å². The summed E-state index contributed by atoms with van der Waals surface area (Å²) in [6.45, 7) is 1.49. The molecule has 0 saturated carbocycles. The van der Waals surface area contributed by atoms with E-state index in [1.165, 1.54) is 0 Å². The molecule has 3 rings (SSSR count). The lowest BCUT2D eigenvalue weighted by atomic mass is 9.90. The number of aryl methyl sites for hydroxylation is 1. The highest BCUT2D eigenvalue weighted by molar-refractivity contribution is 5.87. The molecule has 0 spiro atoms. The molecule has 1 amide bonds. The molecule has 122 valence electrons. The van der Waals surface area contributed by atoms with Crippen LogP contribution >= 0.6 is 0 Å². The summed E-state index contributed by atoms with van der Waals surface area (Å²) in [6.07, 6.45) is 6.36. The van der Waals surface area contributed by atoms with Crippen LogP contribution in [0.4, 0.5) is 0 Å². The van der Waals surface area contributed by atoms with Crippen molar-refractivity contribution in [3.8, 4) is 0 Å². The van der Waals surface area contributed by atoms with E-state index in [4.69, 9.17) is 0 Å². The number of amides is 1. The van der Waals surface area contributed by atoms with Gasteiger partial charge in [-0.25, -0.2) is 4.98 Å². The van der Waals surface area contributed by atoms with Crippen LogP contribution in [0.3, 0.4) is 0 Å². The summed E-state index contributed by atoms with van der Waals surface area (Å²) in [6, 6.07) is 19.8. The molecule has 0 fully saturated rings. The number of nitrogens with zero attached hydrogens (tertiary/aromatic N) is 2. The molecule has 3 aromatic rings. The van der Waals surface area contributed by atoms with Gasteiger partial charge in [-0.2, -0.15) is 0 Å². The monoisotopic (exact) mass is 319 g/mol. The predicted molar refractivity (Wildman–Crippen MR) is 94.6 cm³/mol. The zero-order chi connectivity index (χ0) is 16.6. The number of rotatable bonds is 7. The molecule has 1 N–H and O–H groups in total. The lowest BCUT2D eigenvalue weighted by molar-refractivity contribution is -0.121. The minimum atomic E-state index is -0.277. The van der Waals surface area contributed by atoms with Crippen LogP contribution in [-0.2, 0) is 11.3 Å². The fraction of sp³-hybridized carbons (Fsp3) is 0.200. The van der Waals surface area contributed by atoms with Gasteiger partial charge in [-0.15, -0.1) is 0 Å². The second kappa shape index (κ2) is 8.11. The van der Waals surface area contributed by atoms with Gasteiger partial charge in [-0.05, 0) is 17.5 Å². The minimum Gasteiger partial charge on any atom is -0.355 e. The number of imidazole rings is 1. The number of aromatic nitrogens is 2. The Morgan fingerprint density at radius 1 is 1.00 bits per heavy atom. The van der Waals surface area contributed by atoms with Crippen LogP contribution in [0.15, 0.2) is 79.4 Å². The highest BCUT2D eigenvalue weighted by Gasteiger charge is 2.21. The van der Waals surface area contributed by atoms with Crippen molar-refractivity contribution in [2.24, 2.45) is 0 Å². The van der Waals surface area contributed by atoms with Crippen LogP contribution < -0.4 is 5.32 Å². The van der Waals surface area contributed by atoms with E-state index >= 15 is 0 Å². The second-order valence-corrected chi connectivity index (χ2v) is 5.70. The molecular weight excluding hydrogens is 298 g/mol. The lowest BCUT2D eigenvalue weighted by Crippen LogP contribution is -2.31. The molecular formula is C20H21N3O. The molecule has 1 aromatic heterocycles. The molecule has 24 heavy (non-hydrogen) atoms. The quantitative estimate of drug-likeness (QED) is 0.680. The summed E-state index contributed by atoms with van der Waals surface area (Å²) in [5.74, 6) is -0.237. The lowest BCUT2D eigenvalue weighted by Gasteiger charge is -2.18. The second-order valence-electron chi connectivity index (χ2n) is 5.70. The topological polar surface area (TPSA) is 46.9 Å². The molecule has 0 saturated heterocycles. The van der Waals surface area contributed by atoms with Crippen LogP contribution in [0.5, 0.6) is 0 Å². The van der Waals surface area contributed by atoms with Crippen molar-refractivity contribution in [2.75, 3.05) is 6.54 Å². The highest BCUT2D eigenvalue weighted by atomic mass is 16.1. The SMILES string of the molecule is O=C(NCCCn1ccnc1)C(c1ccccc1)c1ccccc1. The molecule has 0 unspecified atom stereocenters. The van der Waals surface area contributed by atoms with Crippen LogP contribution in [0.25, 0.3) is 0 Å². The zero-order valence-electron chi connectivity index (χ0n) is 13.5. The van der Waals surface area contributed by atoms with Gasteiger partial charge < -0.3 is 9.88 Å². The number of benzene rings is 2. The Balaban J connectivity index is 1.65. The summed E-state index contributed by atoms with van der Waals surface area (Å²) in [4.78, 5) is 16.8. The maximum absolute atomic E-state index is 12.8. The van der Waals surface area contributed by atoms with E-state index in [2.05, 4.69) is 10.3 Å². The normalized spacial score (nSPS) is 10.7. The van der Waals surface area contributed by atoms with Crippen molar-refractivity contribution in [3.05, 3.63) is 90.5 Å². The molecule has 0 bridgehead atoms. The van der Waals surface area contributed by atoms with Crippen molar-refractivity contribution in [1.29, 1.82) is 0 Å². The molecule has 0 radical (unpaired) electrons. The van der Waals surface area contributed by atoms with Crippen molar-refractivity contribution in [3.63, 3.8) is 0 Å². The summed E-state index contributed by atoms with van der Waals surface area (Å²) >= 11 is 0. The Kier molecular flexibility index (Phi) is 5.40. The van der Waals surface area contributed by atoms with Gasteiger partial charge in [0.2, 0.25) is 5.91 Å². The van der Waals surface area contributed by atoms with Crippen molar-refractivity contribution in [2.45, 2.75) is 18.9 Å². The third-order valence-electron chi connectivity index (χ3n) is 3.98. The molecule has 0 atom stereocenters. The third-order valence-corrected chi connectivity index (χ3v) is 3.98. The van der Waals surface area contributed by atoms with Gasteiger partial charge in [-0.3, -0.25) is 4.79 Å². The molecule has 2 aromatic carbocycles. The minimum absolute atomic E-state index is 0.0398. The first-order chi connectivity index (χ1) is 11.8. The van der Waals surface area contributed by atoms with E-state index in [1.54, 1.807) is 12.5 Å². The van der Waals surface area contributed by atoms with E-state index < -0.39 is 0 Å². The molecule has 0 aliphatic carbocycles. The zero-order valence-corrected chi connectivity index (χ0v) is 13.5. The highest BCUT2D eigenvalue weighted by Crippen LogP contribution is 2.24. The fourth-order valence-electron chi connectivity index (χ4n) is 2.78. The van der Waals surface area contributed by atoms with Crippen molar-refractivity contribution >= 4 is 5.91 Å². The van der Waals surface area contributed by atoms with E-state index in [9.17, 15) is 4.79 Å². The predicted octanol–water partition coefficient (Wildman–Crippen LogP) is 3.22. The fourth-order valence-corrected chi connectivity index (χ4v) is 2.78. The largest absolute Gasteiger partial charge is 0.355 e. The van der Waals surface area contributed by atoms with Crippen molar-refractivity contribution in [1.82, 2.24) is 14.9 Å². The van der Waals surface area contributed by atoms with Gasteiger partial charge in [0.25, 0.3) is 0 Å². The molecule has 0 aliphatic heterocycles. The van der Waals surface area contributed by atoms with Gasteiger partial charge in [0.15, 0.2) is 0 Å². The van der Waals surface area contributed by atoms with E-state index in [-0.39, 0.29) is 11.8 Å². The van der Waals surface area contributed by atoms with Crippen molar-refractivity contribution < 1.29 is 4.79 Å².